The number of thiazole rings is 1. The molecule has 3 aromatic rings. The zero-order valence-electron chi connectivity index (χ0n) is 11.3. The number of benzene rings is 2. The van der Waals surface area contributed by atoms with E-state index >= 15 is 0 Å². The third-order valence-corrected chi connectivity index (χ3v) is 4.30. The summed E-state index contributed by atoms with van der Waals surface area (Å²) in [5.41, 5.74) is 10.2. The fourth-order valence-electron chi connectivity index (χ4n) is 2.17. The average Bonchev–Trinajstić information content (AvgIpc) is 2.90. The van der Waals surface area contributed by atoms with Crippen molar-refractivity contribution in [2.45, 2.75) is 13.5 Å². The maximum Gasteiger partial charge on any atom is 0.124 e. The molecule has 2 N–H and O–H groups in total. The average molecular weight is 280 g/mol. The van der Waals surface area contributed by atoms with Gasteiger partial charge >= 0.3 is 0 Å². The molecule has 0 spiro atoms. The van der Waals surface area contributed by atoms with Gasteiger partial charge in [0.1, 0.15) is 5.01 Å². The molecular weight excluding hydrogens is 264 g/mol. The lowest BCUT2D eigenvalue weighted by atomic mass is 10.1. The Kier molecular flexibility index (Phi) is 3.63. The van der Waals surface area contributed by atoms with Crippen molar-refractivity contribution in [3.05, 3.63) is 65.0 Å². The van der Waals surface area contributed by atoms with Crippen LogP contribution in [-0.4, -0.2) is 4.98 Å². The number of aromatic nitrogens is 1. The minimum Gasteiger partial charge on any atom is -0.326 e. The second-order valence-electron chi connectivity index (χ2n) is 4.69. The van der Waals surface area contributed by atoms with Crippen molar-refractivity contribution in [2.75, 3.05) is 0 Å². The lowest BCUT2D eigenvalue weighted by Crippen LogP contribution is -1.95. The van der Waals surface area contributed by atoms with E-state index in [1.54, 1.807) is 11.3 Å². The maximum atomic E-state index is 5.63. The Bertz CT molecular complexity index is 700. The molecule has 100 valence electrons. The highest BCUT2D eigenvalue weighted by Crippen LogP contribution is 2.33. The van der Waals surface area contributed by atoms with E-state index in [1.165, 1.54) is 10.4 Å². The zero-order chi connectivity index (χ0) is 13.9. The fourth-order valence-corrected chi connectivity index (χ4v) is 3.11. The molecule has 0 aliphatic carbocycles. The van der Waals surface area contributed by atoms with Crippen LogP contribution < -0.4 is 5.73 Å². The fraction of sp³-hybridized carbons (Fsp3) is 0.118. The summed E-state index contributed by atoms with van der Waals surface area (Å²) < 4.78 is 0. The first-order valence-corrected chi connectivity index (χ1v) is 7.42. The van der Waals surface area contributed by atoms with Gasteiger partial charge in [-0.3, -0.25) is 0 Å². The number of nitrogens with two attached hydrogens (primary N) is 1. The minimum absolute atomic E-state index is 0.576. The number of rotatable bonds is 3. The Morgan fingerprint density at radius 3 is 2.30 bits per heavy atom. The summed E-state index contributed by atoms with van der Waals surface area (Å²) in [5, 5.41) is 1.06. The standard InChI is InChI=1S/C17H16N2S/c1-12-16(14-5-3-2-4-6-14)19-17(20-12)15-9-7-13(11-18)8-10-15/h2-10H,11,18H2,1H3. The second kappa shape index (κ2) is 5.57. The first-order valence-electron chi connectivity index (χ1n) is 6.60. The highest BCUT2D eigenvalue weighted by Gasteiger charge is 2.10. The number of aryl methyl sites for hydroxylation is 1. The molecule has 1 aromatic heterocycles. The largest absolute Gasteiger partial charge is 0.326 e. The van der Waals surface area contributed by atoms with Crippen LogP contribution in [0.15, 0.2) is 54.6 Å². The van der Waals surface area contributed by atoms with Crippen molar-refractivity contribution in [1.29, 1.82) is 0 Å². The SMILES string of the molecule is Cc1sc(-c2ccc(CN)cc2)nc1-c1ccccc1. The summed E-state index contributed by atoms with van der Waals surface area (Å²) in [5.74, 6) is 0. The van der Waals surface area contributed by atoms with E-state index in [0.29, 0.717) is 6.54 Å². The first kappa shape index (κ1) is 13.0. The predicted octanol–water partition coefficient (Wildman–Crippen LogP) is 4.24. The Labute approximate surface area is 122 Å². The highest BCUT2D eigenvalue weighted by molar-refractivity contribution is 7.15. The molecule has 0 aliphatic rings. The van der Waals surface area contributed by atoms with Gasteiger partial charge in [-0.25, -0.2) is 4.98 Å². The monoisotopic (exact) mass is 280 g/mol. The van der Waals surface area contributed by atoms with E-state index < -0.39 is 0 Å². The smallest absolute Gasteiger partial charge is 0.124 e. The lowest BCUT2D eigenvalue weighted by Gasteiger charge is -1.99. The number of nitrogens with zero attached hydrogens (tertiary/aromatic N) is 1. The summed E-state index contributed by atoms with van der Waals surface area (Å²) >= 11 is 1.73. The summed E-state index contributed by atoms with van der Waals surface area (Å²) in [7, 11) is 0. The predicted molar refractivity (Wildman–Crippen MR) is 85.6 cm³/mol. The van der Waals surface area contributed by atoms with Crippen molar-refractivity contribution in [3.63, 3.8) is 0 Å². The van der Waals surface area contributed by atoms with Crippen LogP contribution in [0.4, 0.5) is 0 Å². The van der Waals surface area contributed by atoms with Gasteiger partial charge in [0.2, 0.25) is 0 Å². The van der Waals surface area contributed by atoms with Crippen molar-refractivity contribution < 1.29 is 0 Å². The van der Waals surface area contributed by atoms with E-state index in [9.17, 15) is 0 Å². The summed E-state index contributed by atoms with van der Waals surface area (Å²) in [4.78, 5) is 6.04. The maximum absolute atomic E-state index is 5.63. The third-order valence-electron chi connectivity index (χ3n) is 3.28. The quantitative estimate of drug-likeness (QED) is 0.779. The van der Waals surface area contributed by atoms with E-state index in [4.69, 9.17) is 10.7 Å². The molecule has 3 rings (SSSR count). The van der Waals surface area contributed by atoms with Gasteiger partial charge in [-0.05, 0) is 12.5 Å². The van der Waals surface area contributed by atoms with Crippen LogP contribution in [0.2, 0.25) is 0 Å². The molecule has 0 saturated heterocycles. The van der Waals surface area contributed by atoms with Gasteiger partial charge in [0.25, 0.3) is 0 Å². The molecule has 0 saturated carbocycles. The molecule has 1 heterocycles. The minimum atomic E-state index is 0.576. The number of hydrogen-bond acceptors (Lipinski definition) is 3. The van der Waals surface area contributed by atoms with Gasteiger partial charge in [-0.15, -0.1) is 11.3 Å². The van der Waals surface area contributed by atoms with E-state index in [-0.39, 0.29) is 0 Å². The zero-order valence-corrected chi connectivity index (χ0v) is 12.2. The third kappa shape index (κ3) is 2.50. The van der Waals surface area contributed by atoms with Crippen LogP contribution in [0, 0.1) is 6.92 Å². The Morgan fingerprint density at radius 2 is 1.65 bits per heavy atom. The van der Waals surface area contributed by atoms with Gasteiger partial charge in [-0.1, -0.05) is 54.6 Å². The van der Waals surface area contributed by atoms with Crippen molar-refractivity contribution in [2.24, 2.45) is 5.73 Å². The Hall–Kier alpha value is -1.97. The molecule has 0 unspecified atom stereocenters. The van der Waals surface area contributed by atoms with Crippen LogP contribution in [0.1, 0.15) is 10.4 Å². The molecule has 0 bridgehead atoms. The lowest BCUT2D eigenvalue weighted by molar-refractivity contribution is 1.07. The number of hydrogen-bond donors (Lipinski definition) is 1. The molecule has 2 aromatic carbocycles. The highest BCUT2D eigenvalue weighted by atomic mass is 32.1. The first-order chi connectivity index (χ1) is 9.78. The molecule has 2 nitrogen and oxygen atoms in total. The van der Waals surface area contributed by atoms with Crippen LogP contribution in [0.5, 0.6) is 0 Å². The molecule has 0 radical (unpaired) electrons. The van der Waals surface area contributed by atoms with Gasteiger partial charge in [0, 0.05) is 22.5 Å². The Morgan fingerprint density at radius 1 is 0.950 bits per heavy atom. The van der Waals surface area contributed by atoms with Crippen LogP contribution >= 0.6 is 11.3 Å². The van der Waals surface area contributed by atoms with Gasteiger partial charge in [-0.2, -0.15) is 0 Å². The van der Waals surface area contributed by atoms with Crippen LogP contribution in [0.25, 0.3) is 21.8 Å². The molecule has 0 aliphatic heterocycles. The Balaban J connectivity index is 2.00. The summed E-state index contributed by atoms with van der Waals surface area (Å²) in [6.07, 6.45) is 0. The van der Waals surface area contributed by atoms with Gasteiger partial charge in [0.05, 0.1) is 5.69 Å². The molecule has 3 heteroatoms. The van der Waals surface area contributed by atoms with E-state index in [1.807, 2.05) is 18.2 Å². The van der Waals surface area contributed by atoms with Crippen molar-refractivity contribution in [3.8, 4) is 21.8 Å². The normalized spacial score (nSPS) is 10.7. The molecular formula is C17H16N2S. The second-order valence-corrected chi connectivity index (χ2v) is 5.89. The molecule has 0 atom stereocenters. The van der Waals surface area contributed by atoms with Crippen LogP contribution in [-0.2, 0) is 6.54 Å². The summed E-state index contributed by atoms with van der Waals surface area (Å²) in [6.45, 7) is 2.70. The van der Waals surface area contributed by atoms with Gasteiger partial charge < -0.3 is 5.73 Å². The van der Waals surface area contributed by atoms with Crippen LogP contribution in [0.3, 0.4) is 0 Å². The molecule has 0 fully saturated rings. The topological polar surface area (TPSA) is 38.9 Å². The van der Waals surface area contributed by atoms with Gasteiger partial charge in [0.15, 0.2) is 0 Å². The van der Waals surface area contributed by atoms with Crippen molar-refractivity contribution >= 4 is 11.3 Å². The molecule has 20 heavy (non-hydrogen) atoms. The van der Waals surface area contributed by atoms with Crippen molar-refractivity contribution in [1.82, 2.24) is 4.98 Å². The van der Waals surface area contributed by atoms with E-state index in [0.717, 1.165) is 21.8 Å². The van der Waals surface area contributed by atoms with E-state index in [2.05, 4.69) is 43.3 Å². The summed E-state index contributed by atoms with van der Waals surface area (Å²) in [6, 6.07) is 18.6. The molecule has 0 amide bonds.